The highest BCUT2D eigenvalue weighted by atomic mass is 15.2. The number of rotatable bonds is 3. The fourth-order valence-electron chi connectivity index (χ4n) is 1.95. The van der Waals surface area contributed by atoms with E-state index in [1.54, 1.807) is 0 Å². The molecule has 13 heavy (non-hydrogen) atoms. The number of hydrogen-bond acceptors (Lipinski definition) is 2. The molecule has 0 spiro atoms. The van der Waals surface area contributed by atoms with Crippen molar-refractivity contribution >= 4 is 0 Å². The fraction of sp³-hybridized carbons (Fsp3) is 0.636. The summed E-state index contributed by atoms with van der Waals surface area (Å²) in [6.45, 7) is 6.13. The zero-order valence-corrected chi connectivity index (χ0v) is 8.15. The number of nitrogens with zero attached hydrogens (tertiary/aromatic N) is 2. The van der Waals surface area contributed by atoms with Crippen molar-refractivity contribution in [2.45, 2.75) is 12.8 Å². The minimum atomic E-state index is 1.09. The third-order valence-corrected chi connectivity index (χ3v) is 2.79. The van der Waals surface area contributed by atoms with E-state index in [2.05, 4.69) is 34.2 Å². The Bertz CT molecular complexity index is 202. The molecule has 0 aromatic rings. The summed E-state index contributed by atoms with van der Waals surface area (Å²) in [6, 6.07) is 0. The van der Waals surface area contributed by atoms with Crippen LogP contribution >= 0.6 is 0 Å². The van der Waals surface area contributed by atoms with Crippen LogP contribution in [-0.2, 0) is 0 Å². The number of hydrogen-bond donors (Lipinski definition) is 0. The van der Waals surface area contributed by atoms with Crippen LogP contribution in [0.25, 0.3) is 0 Å². The Morgan fingerprint density at radius 2 is 1.85 bits per heavy atom. The minimum Gasteiger partial charge on any atom is -0.372 e. The van der Waals surface area contributed by atoms with E-state index in [1.165, 1.54) is 39.0 Å². The molecule has 1 saturated heterocycles. The molecule has 2 rings (SSSR count). The SMILES string of the molecule is C1=CCN(CCN2CCCC2)C=C1. The molecule has 0 atom stereocenters. The molecule has 0 amide bonds. The van der Waals surface area contributed by atoms with Gasteiger partial charge in [0, 0.05) is 19.6 Å². The maximum absolute atomic E-state index is 2.56. The molecule has 0 N–H and O–H groups in total. The summed E-state index contributed by atoms with van der Waals surface area (Å²) in [6.07, 6.45) is 11.4. The lowest BCUT2D eigenvalue weighted by Crippen LogP contribution is -2.31. The average Bonchev–Trinajstić information content (AvgIpc) is 2.69. The van der Waals surface area contributed by atoms with Gasteiger partial charge in [0.2, 0.25) is 0 Å². The van der Waals surface area contributed by atoms with E-state index in [0.717, 1.165) is 6.54 Å². The van der Waals surface area contributed by atoms with Gasteiger partial charge in [0.25, 0.3) is 0 Å². The van der Waals surface area contributed by atoms with E-state index < -0.39 is 0 Å². The molecule has 2 heteroatoms. The molecular formula is C11H18N2. The van der Waals surface area contributed by atoms with E-state index in [9.17, 15) is 0 Å². The summed E-state index contributed by atoms with van der Waals surface area (Å²) < 4.78 is 0. The first kappa shape index (κ1) is 8.82. The van der Waals surface area contributed by atoms with Crippen LogP contribution in [0.3, 0.4) is 0 Å². The molecule has 0 bridgehead atoms. The highest BCUT2D eigenvalue weighted by molar-refractivity contribution is 5.08. The molecule has 0 aromatic heterocycles. The van der Waals surface area contributed by atoms with Gasteiger partial charge in [0.1, 0.15) is 0 Å². The topological polar surface area (TPSA) is 6.48 Å². The third kappa shape index (κ3) is 2.59. The normalized spacial score (nSPS) is 22.9. The lowest BCUT2D eigenvalue weighted by Gasteiger charge is -2.23. The highest BCUT2D eigenvalue weighted by Gasteiger charge is 2.11. The molecule has 2 nitrogen and oxygen atoms in total. The first-order chi connectivity index (χ1) is 6.45. The molecule has 0 unspecified atom stereocenters. The van der Waals surface area contributed by atoms with Crippen LogP contribution < -0.4 is 0 Å². The fourth-order valence-corrected chi connectivity index (χ4v) is 1.95. The Hall–Kier alpha value is -0.760. The van der Waals surface area contributed by atoms with Crippen LogP contribution in [0.4, 0.5) is 0 Å². The second-order valence-corrected chi connectivity index (χ2v) is 3.81. The predicted octanol–water partition coefficient (Wildman–Crippen LogP) is 1.47. The summed E-state index contributed by atoms with van der Waals surface area (Å²) in [7, 11) is 0. The van der Waals surface area contributed by atoms with Crippen LogP contribution in [0, 0.1) is 0 Å². The second kappa shape index (κ2) is 4.47. The molecule has 0 saturated carbocycles. The first-order valence-corrected chi connectivity index (χ1v) is 5.25. The zero-order valence-electron chi connectivity index (χ0n) is 8.15. The van der Waals surface area contributed by atoms with Crippen LogP contribution in [0.5, 0.6) is 0 Å². The monoisotopic (exact) mass is 178 g/mol. The Morgan fingerprint density at radius 3 is 2.54 bits per heavy atom. The highest BCUT2D eigenvalue weighted by Crippen LogP contribution is 2.07. The summed E-state index contributed by atoms with van der Waals surface area (Å²) in [5, 5.41) is 0. The first-order valence-electron chi connectivity index (χ1n) is 5.25. The van der Waals surface area contributed by atoms with Gasteiger partial charge in [-0.05, 0) is 38.2 Å². The van der Waals surface area contributed by atoms with Crippen molar-refractivity contribution < 1.29 is 0 Å². The Morgan fingerprint density at radius 1 is 1.00 bits per heavy atom. The van der Waals surface area contributed by atoms with Crippen molar-refractivity contribution in [2.24, 2.45) is 0 Å². The van der Waals surface area contributed by atoms with Crippen molar-refractivity contribution in [3.63, 3.8) is 0 Å². The standard InChI is InChI=1S/C11H18N2/c1-2-6-12(7-3-1)10-11-13-8-4-5-9-13/h1-3,6H,4-5,7-11H2. The van der Waals surface area contributed by atoms with Crippen LogP contribution in [0.2, 0.25) is 0 Å². The molecule has 2 aliphatic rings. The van der Waals surface area contributed by atoms with Crippen molar-refractivity contribution in [1.29, 1.82) is 0 Å². The van der Waals surface area contributed by atoms with Crippen LogP contribution in [0.1, 0.15) is 12.8 Å². The predicted molar refractivity (Wildman–Crippen MR) is 55.5 cm³/mol. The van der Waals surface area contributed by atoms with E-state index in [1.807, 2.05) is 0 Å². The Kier molecular flexibility index (Phi) is 3.03. The van der Waals surface area contributed by atoms with Gasteiger partial charge >= 0.3 is 0 Å². The largest absolute Gasteiger partial charge is 0.372 e. The number of allylic oxidation sites excluding steroid dienone is 2. The van der Waals surface area contributed by atoms with Gasteiger partial charge in [-0.2, -0.15) is 0 Å². The summed E-state index contributed by atoms with van der Waals surface area (Å²) in [4.78, 5) is 4.94. The van der Waals surface area contributed by atoms with E-state index in [-0.39, 0.29) is 0 Å². The van der Waals surface area contributed by atoms with Crippen molar-refractivity contribution in [3.05, 3.63) is 24.4 Å². The lowest BCUT2D eigenvalue weighted by atomic mass is 10.3. The van der Waals surface area contributed by atoms with E-state index in [0.29, 0.717) is 0 Å². The molecule has 1 fully saturated rings. The van der Waals surface area contributed by atoms with E-state index >= 15 is 0 Å². The quantitative estimate of drug-likeness (QED) is 0.645. The minimum absolute atomic E-state index is 1.09. The summed E-state index contributed by atoms with van der Waals surface area (Å²) in [5.41, 5.74) is 0. The molecule has 2 heterocycles. The Balaban J connectivity index is 1.67. The van der Waals surface area contributed by atoms with Crippen LogP contribution in [-0.4, -0.2) is 42.5 Å². The Labute approximate surface area is 80.5 Å². The molecule has 2 aliphatic heterocycles. The molecule has 0 aromatic carbocycles. The maximum Gasteiger partial charge on any atom is 0.0357 e. The van der Waals surface area contributed by atoms with Gasteiger partial charge in [-0.3, -0.25) is 0 Å². The molecule has 72 valence electrons. The van der Waals surface area contributed by atoms with Gasteiger partial charge in [0.05, 0.1) is 0 Å². The maximum atomic E-state index is 2.56. The van der Waals surface area contributed by atoms with Crippen LogP contribution in [0.15, 0.2) is 24.4 Å². The van der Waals surface area contributed by atoms with Gasteiger partial charge in [0.15, 0.2) is 0 Å². The van der Waals surface area contributed by atoms with Crippen molar-refractivity contribution in [2.75, 3.05) is 32.7 Å². The third-order valence-electron chi connectivity index (χ3n) is 2.79. The number of likely N-dealkylation sites (tertiary alicyclic amines) is 1. The van der Waals surface area contributed by atoms with Gasteiger partial charge in [-0.15, -0.1) is 0 Å². The second-order valence-electron chi connectivity index (χ2n) is 3.81. The molecule has 0 radical (unpaired) electrons. The van der Waals surface area contributed by atoms with Crippen molar-refractivity contribution in [3.8, 4) is 0 Å². The summed E-state index contributed by atoms with van der Waals surface area (Å²) >= 11 is 0. The zero-order chi connectivity index (χ0) is 8.93. The van der Waals surface area contributed by atoms with Gasteiger partial charge in [-0.25, -0.2) is 0 Å². The summed E-state index contributed by atoms with van der Waals surface area (Å²) in [5.74, 6) is 0. The smallest absolute Gasteiger partial charge is 0.0357 e. The molecular weight excluding hydrogens is 160 g/mol. The average molecular weight is 178 g/mol. The molecule has 0 aliphatic carbocycles. The van der Waals surface area contributed by atoms with Gasteiger partial charge < -0.3 is 9.80 Å². The van der Waals surface area contributed by atoms with E-state index in [4.69, 9.17) is 0 Å². The lowest BCUT2D eigenvalue weighted by molar-refractivity contribution is 0.286. The van der Waals surface area contributed by atoms with Gasteiger partial charge in [-0.1, -0.05) is 12.2 Å². The van der Waals surface area contributed by atoms with Crippen molar-refractivity contribution in [1.82, 2.24) is 9.80 Å².